The maximum absolute atomic E-state index is 11.0. The fraction of sp³-hybridized carbons (Fsp3) is 0.923. The highest BCUT2D eigenvalue weighted by Crippen LogP contribution is 2.15. The first-order valence-corrected chi connectivity index (χ1v) is 6.74. The largest absolute Gasteiger partial charge is 0.480 e. The van der Waals surface area contributed by atoms with Crippen molar-refractivity contribution in [3.63, 3.8) is 0 Å². The molecule has 1 atom stereocenters. The highest BCUT2D eigenvalue weighted by atomic mass is 16.4. The topological polar surface area (TPSA) is 66.6 Å². The molecule has 0 aliphatic carbocycles. The van der Waals surface area contributed by atoms with E-state index in [1.807, 2.05) is 6.92 Å². The smallest absolute Gasteiger partial charge is 0.323 e. The van der Waals surface area contributed by atoms with E-state index >= 15 is 0 Å². The summed E-state index contributed by atoms with van der Waals surface area (Å²) in [7, 11) is 0. The van der Waals surface area contributed by atoms with Gasteiger partial charge in [-0.3, -0.25) is 4.79 Å². The molecule has 0 aliphatic heterocycles. The van der Waals surface area contributed by atoms with Gasteiger partial charge in [0, 0.05) is 0 Å². The molecule has 102 valence electrons. The summed E-state index contributed by atoms with van der Waals surface area (Å²) in [6, 6.07) is 0. The van der Waals surface area contributed by atoms with Crippen LogP contribution in [0.25, 0.3) is 0 Å². The van der Waals surface area contributed by atoms with Crippen molar-refractivity contribution in [1.82, 2.24) is 4.90 Å². The van der Waals surface area contributed by atoms with E-state index in [2.05, 4.69) is 18.7 Å². The van der Waals surface area contributed by atoms with Crippen LogP contribution < -0.4 is 5.73 Å². The Bertz CT molecular complexity index is 221. The van der Waals surface area contributed by atoms with Gasteiger partial charge in [-0.05, 0) is 45.3 Å². The molecule has 1 unspecified atom stereocenters. The van der Waals surface area contributed by atoms with Crippen molar-refractivity contribution in [2.45, 2.75) is 58.4 Å². The predicted octanol–water partition coefficient (Wildman–Crippen LogP) is 2.08. The van der Waals surface area contributed by atoms with Crippen LogP contribution in [0.1, 0.15) is 52.9 Å². The van der Waals surface area contributed by atoms with E-state index < -0.39 is 11.5 Å². The normalized spacial score (nSPS) is 14.9. The molecule has 3 N–H and O–H groups in total. The van der Waals surface area contributed by atoms with Gasteiger partial charge in [-0.2, -0.15) is 0 Å². The first-order valence-electron chi connectivity index (χ1n) is 6.74. The molecular weight excluding hydrogens is 216 g/mol. The van der Waals surface area contributed by atoms with Crippen molar-refractivity contribution < 1.29 is 9.90 Å². The van der Waals surface area contributed by atoms with Crippen molar-refractivity contribution in [2.24, 2.45) is 5.73 Å². The number of hydrogen-bond donors (Lipinski definition) is 2. The van der Waals surface area contributed by atoms with Crippen LogP contribution in [0.2, 0.25) is 0 Å². The Labute approximate surface area is 105 Å². The molecule has 4 heteroatoms. The third-order valence-corrected chi connectivity index (χ3v) is 3.43. The first-order chi connectivity index (χ1) is 8.00. The molecule has 0 spiro atoms. The lowest BCUT2D eigenvalue weighted by Crippen LogP contribution is -2.47. The highest BCUT2D eigenvalue weighted by Gasteiger charge is 2.31. The van der Waals surface area contributed by atoms with Crippen molar-refractivity contribution in [1.29, 1.82) is 0 Å². The quantitative estimate of drug-likeness (QED) is 0.617. The maximum atomic E-state index is 11.0. The minimum absolute atomic E-state index is 0.490. The van der Waals surface area contributed by atoms with Gasteiger partial charge in [-0.25, -0.2) is 0 Å². The van der Waals surface area contributed by atoms with Gasteiger partial charge in [-0.1, -0.05) is 27.2 Å². The molecule has 0 aromatic carbocycles. The molecule has 4 nitrogen and oxygen atoms in total. The van der Waals surface area contributed by atoms with Crippen molar-refractivity contribution in [3.8, 4) is 0 Å². The van der Waals surface area contributed by atoms with Crippen LogP contribution in [0.4, 0.5) is 0 Å². The second-order valence-corrected chi connectivity index (χ2v) is 4.71. The van der Waals surface area contributed by atoms with Crippen molar-refractivity contribution in [3.05, 3.63) is 0 Å². The predicted molar refractivity (Wildman–Crippen MR) is 71.1 cm³/mol. The highest BCUT2D eigenvalue weighted by molar-refractivity contribution is 5.78. The lowest BCUT2D eigenvalue weighted by atomic mass is 9.92. The zero-order valence-corrected chi connectivity index (χ0v) is 11.5. The monoisotopic (exact) mass is 244 g/mol. The first kappa shape index (κ1) is 16.4. The summed E-state index contributed by atoms with van der Waals surface area (Å²) in [4.78, 5) is 13.4. The van der Waals surface area contributed by atoms with Gasteiger partial charge in [0.15, 0.2) is 0 Å². The standard InChI is InChI=1S/C13H28N2O2/c1-4-7-10-15(6-3)11-8-9-13(14,5-2)12(16)17/h4-11,14H2,1-3H3,(H,16,17). The molecule has 0 fully saturated rings. The zero-order chi connectivity index (χ0) is 13.3. The Morgan fingerprint density at radius 3 is 2.24 bits per heavy atom. The SMILES string of the molecule is CCCCN(CC)CCCC(N)(CC)C(=O)O. The molecule has 0 amide bonds. The van der Waals surface area contributed by atoms with Crippen LogP contribution in [0.3, 0.4) is 0 Å². The molecular formula is C13H28N2O2. The molecule has 17 heavy (non-hydrogen) atoms. The lowest BCUT2D eigenvalue weighted by Gasteiger charge is -2.25. The molecule has 0 aliphatic rings. The fourth-order valence-electron chi connectivity index (χ4n) is 1.86. The number of nitrogens with zero attached hydrogens (tertiary/aromatic N) is 1. The molecule has 0 aromatic heterocycles. The Morgan fingerprint density at radius 2 is 1.82 bits per heavy atom. The van der Waals surface area contributed by atoms with Crippen LogP contribution in [0, 0.1) is 0 Å². The van der Waals surface area contributed by atoms with Crippen LogP contribution in [-0.4, -0.2) is 41.1 Å². The summed E-state index contributed by atoms with van der Waals surface area (Å²) < 4.78 is 0. The number of hydrogen-bond acceptors (Lipinski definition) is 3. The second kappa shape index (κ2) is 8.48. The Hall–Kier alpha value is -0.610. The van der Waals surface area contributed by atoms with Crippen LogP contribution in [-0.2, 0) is 4.79 Å². The van der Waals surface area contributed by atoms with Crippen molar-refractivity contribution in [2.75, 3.05) is 19.6 Å². The molecule has 0 heterocycles. The summed E-state index contributed by atoms with van der Waals surface area (Å²) >= 11 is 0. The third-order valence-electron chi connectivity index (χ3n) is 3.43. The zero-order valence-electron chi connectivity index (χ0n) is 11.5. The van der Waals surface area contributed by atoms with Gasteiger partial charge in [0.2, 0.25) is 0 Å². The van der Waals surface area contributed by atoms with Gasteiger partial charge < -0.3 is 15.7 Å². The minimum Gasteiger partial charge on any atom is -0.480 e. The van der Waals surface area contributed by atoms with Gasteiger partial charge in [0.25, 0.3) is 0 Å². The van der Waals surface area contributed by atoms with E-state index in [1.54, 1.807) is 0 Å². The second-order valence-electron chi connectivity index (χ2n) is 4.71. The molecule has 0 saturated heterocycles. The van der Waals surface area contributed by atoms with E-state index in [0.717, 1.165) is 26.1 Å². The minimum atomic E-state index is -1.04. The van der Waals surface area contributed by atoms with E-state index in [9.17, 15) is 4.79 Å². The van der Waals surface area contributed by atoms with Gasteiger partial charge in [0.1, 0.15) is 5.54 Å². The Kier molecular flexibility index (Phi) is 8.17. The number of carboxylic acid groups (broad SMARTS) is 1. The summed E-state index contributed by atoms with van der Waals surface area (Å²) in [6.07, 6.45) is 4.30. The average Bonchev–Trinajstić information content (AvgIpc) is 2.32. The number of carbonyl (C=O) groups is 1. The van der Waals surface area contributed by atoms with Crippen LogP contribution in [0.15, 0.2) is 0 Å². The molecule has 0 rings (SSSR count). The number of aliphatic carboxylic acids is 1. The van der Waals surface area contributed by atoms with E-state index in [-0.39, 0.29) is 0 Å². The van der Waals surface area contributed by atoms with Gasteiger partial charge >= 0.3 is 5.97 Å². The van der Waals surface area contributed by atoms with Gasteiger partial charge in [0.05, 0.1) is 0 Å². The summed E-state index contributed by atoms with van der Waals surface area (Å²) in [6.45, 7) is 9.23. The molecule has 0 bridgehead atoms. The van der Waals surface area contributed by atoms with Crippen LogP contribution in [0.5, 0.6) is 0 Å². The van der Waals surface area contributed by atoms with Gasteiger partial charge in [-0.15, -0.1) is 0 Å². The Balaban J connectivity index is 3.97. The number of unbranched alkanes of at least 4 members (excludes halogenated alkanes) is 1. The fourth-order valence-corrected chi connectivity index (χ4v) is 1.86. The third kappa shape index (κ3) is 6.03. The number of carboxylic acids is 1. The summed E-state index contributed by atoms with van der Waals surface area (Å²) in [5, 5.41) is 9.06. The molecule has 0 radical (unpaired) electrons. The average molecular weight is 244 g/mol. The summed E-state index contributed by atoms with van der Waals surface area (Å²) in [5.41, 5.74) is 4.81. The molecule has 0 saturated carbocycles. The lowest BCUT2D eigenvalue weighted by molar-refractivity contribution is -0.143. The maximum Gasteiger partial charge on any atom is 0.323 e. The van der Waals surface area contributed by atoms with E-state index in [1.165, 1.54) is 12.8 Å². The molecule has 0 aromatic rings. The van der Waals surface area contributed by atoms with E-state index in [4.69, 9.17) is 10.8 Å². The van der Waals surface area contributed by atoms with Crippen LogP contribution >= 0.6 is 0 Å². The number of nitrogens with two attached hydrogens (primary N) is 1. The Morgan fingerprint density at radius 1 is 1.24 bits per heavy atom. The van der Waals surface area contributed by atoms with E-state index in [0.29, 0.717) is 12.8 Å². The summed E-state index contributed by atoms with van der Waals surface area (Å²) in [5.74, 6) is -0.878. The number of rotatable bonds is 10. The van der Waals surface area contributed by atoms with Crippen molar-refractivity contribution >= 4 is 5.97 Å².